The summed E-state index contributed by atoms with van der Waals surface area (Å²) in [4.78, 5) is 72.5. The van der Waals surface area contributed by atoms with Crippen molar-refractivity contribution in [3.63, 3.8) is 0 Å². The average Bonchev–Trinajstić information content (AvgIpc) is 2.89. The summed E-state index contributed by atoms with van der Waals surface area (Å²) in [6.45, 7) is 4.55. The Morgan fingerprint density at radius 3 is 0.957 bits per heavy atom. The van der Waals surface area contributed by atoms with Gasteiger partial charge in [0.05, 0.1) is 26.4 Å². The number of unbranched alkanes of at least 4 members (excludes halogenated alkanes) is 24. The van der Waals surface area contributed by atoms with Gasteiger partial charge in [0.25, 0.3) is 0 Å². The second kappa shape index (κ2) is 65.6. The first kappa shape index (κ1) is 88.0. The highest BCUT2D eigenvalue weighted by Crippen LogP contribution is 2.45. The fraction of sp³-hybridized carbons (Fsp3) is 0.726. The lowest BCUT2D eigenvalue weighted by Crippen LogP contribution is -2.30. The van der Waals surface area contributed by atoms with Crippen LogP contribution in [0.25, 0.3) is 0 Å². The van der Waals surface area contributed by atoms with Crippen molar-refractivity contribution < 1.29 is 80.2 Å². The minimum absolute atomic E-state index is 0.0722. The van der Waals surface area contributed by atoms with Crippen molar-refractivity contribution in [1.82, 2.24) is 0 Å². The number of hydrogen-bond acceptors (Lipinski definition) is 15. The SMILES string of the molecule is CC/C=C\C/C=C\C/C=C\C/C=C\C/C=C\CCCC(=O)OCC(COP(=O)(O)OCC(O)COP(=O)(O)OCC(COC(=O)CCCCCCC/C=C\CCCC)OC(=O)CCCCCCC/C=C\CCCC)OC(=O)CCCCCCC/C=C\CCCCCC. The quantitative estimate of drug-likeness (QED) is 0.0169. The third kappa shape index (κ3) is 64.7. The fourth-order valence-corrected chi connectivity index (χ4v) is 10.6. The number of aliphatic hydroxyl groups is 1. The zero-order valence-corrected chi connectivity index (χ0v) is 59.2. The van der Waals surface area contributed by atoms with Gasteiger partial charge in [-0.05, 0) is 128 Å². The number of esters is 4. The summed E-state index contributed by atoms with van der Waals surface area (Å²) in [7, 11) is -9.95. The van der Waals surface area contributed by atoms with Gasteiger partial charge in [0, 0.05) is 25.7 Å². The number of aliphatic hydroxyl groups excluding tert-OH is 1. The molecule has 19 heteroatoms. The van der Waals surface area contributed by atoms with Crippen LogP contribution in [0.15, 0.2) is 97.2 Å². The molecule has 0 rings (SSSR count). The molecule has 0 spiro atoms. The molecule has 0 bridgehead atoms. The Labute approximate surface area is 557 Å². The maximum absolute atomic E-state index is 13.0. The molecule has 0 aromatic rings. The van der Waals surface area contributed by atoms with E-state index in [0.717, 1.165) is 148 Å². The molecule has 530 valence electrons. The highest BCUT2D eigenvalue weighted by atomic mass is 31.2. The molecule has 3 N–H and O–H groups in total. The average molecular weight is 1340 g/mol. The summed E-state index contributed by atoms with van der Waals surface area (Å²) in [6.07, 6.45) is 65.8. The van der Waals surface area contributed by atoms with Gasteiger partial charge in [-0.15, -0.1) is 0 Å². The van der Waals surface area contributed by atoms with E-state index in [-0.39, 0.29) is 25.7 Å². The van der Waals surface area contributed by atoms with Gasteiger partial charge in [0.2, 0.25) is 0 Å². The van der Waals surface area contributed by atoms with Gasteiger partial charge >= 0.3 is 39.5 Å². The first-order valence-corrected chi connectivity index (χ1v) is 38.5. The van der Waals surface area contributed by atoms with Gasteiger partial charge in [-0.25, -0.2) is 9.13 Å². The molecule has 0 aliphatic carbocycles. The van der Waals surface area contributed by atoms with Crippen LogP contribution in [0, 0.1) is 0 Å². The Balaban J connectivity index is 5.37. The maximum atomic E-state index is 13.0. The number of carbonyl (C=O) groups is 4. The highest BCUT2D eigenvalue weighted by Gasteiger charge is 2.30. The summed E-state index contributed by atoms with van der Waals surface area (Å²) >= 11 is 0. The van der Waals surface area contributed by atoms with Gasteiger partial charge in [-0.2, -0.15) is 0 Å². The molecule has 0 amide bonds. The predicted molar refractivity (Wildman–Crippen MR) is 372 cm³/mol. The normalized spacial score (nSPS) is 14.6. The summed E-state index contributed by atoms with van der Waals surface area (Å²) in [5, 5.41) is 10.6. The van der Waals surface area contributed by atoms with Gasteiger partial charge in [0.15, 0.2) is 12.2 Å². The Kier molecular flexibility index (Phi) is 62.8. The third-order valence-electron chi connectivity index (χ3n) is 14.5. The molecule has 17 nitrogen and oxygen atoms in total. The van der Waals surface area contributed by atoms with Crippen LogP contribution in [0.1, 0.15) is 285 Å². The predicted octanol–water partition coefficient (Wildman–Crippen LogP) is 19.7. The summed E-state index contributed by atoms with van der Waals surface area (Å²) in [5.74, 6) is -2.27. The molecule has 0 aliphatic heterocycles. The second-order valence-corrected chi connectivity index (χ2v) is 26.3. The molecule has 0 aliphatic rings. The number of phosphoric ester groups is 2. The number of ether oxygens (including phenoxy) is 4. The number of rotatable bonds is 66. The van der Waals surface area contributed by atoms with E-state index in [9.17, 15) is 43.2 Å². The van der Waals surface area contributed by atoms with Crippen LogP contribution in [-0.4, -0.2) is 96.7 Å². The Bertz CT molecular complexity index is 2130. The van der Waals surface area contributed by atoms with Crippen molar-refractivity contribution in [2.75, 3.05) is 39.6 Å². The molecular formula is C73H126O17P2. The van der Waals surface area contributed by atoms with E-state index >= 15 is 0 Å². The zero-order valence-electron chi connectivity index (χ0n) is 57.4. The molecular weight excluding hydrogens is 1210 g/mol. The van der Waals surface area contributed by atoms with Crippen molar-refractivity contribution in [3.8, 4) is 0 Å². The number of carbonyl (C=O) groups excluding carboxylic acids is 4. The first-order valence-electron chi connectivity index (χ1n) is 35.5. The minimum atomic E-state index is -4.98. The monoisotopic (exact) mass is 1340 g/mol. The molecule has 0 fully saturated rings. The number of hydrogen-bond donors (Lipinski definition) is 3. The van der Waals surface area contributed by atoms with Gasteiger partial charge in [-0.1, -0.05) is 228 Å². The lowest BCUT2D eigenvalue weighted by atomic mass is 10.1. The molecule has 5 unspecified atom stereocenters. The molecule has 0 heterocycles. The zero-order chi connectivity index (χ0) is 67.5. The Morgan fingerprint density at radius 2 is 0.587 bits per heavy atom. The second-order valence-electron chi connectivity index (χ2n) is 23.4. The van der Waals surface area contributed by atoms with Gasteiger partial charge in [0.1, 0.15) is 19.3 Å². The van der Waals surface area contributed by atoms with Crippen molar-refractivity contribution in [3.05, 3.63) is 97.2 Å². The van der Waals surface area contributed by atoms with E-state index in [1.54, 1.807) is 0 Å². The van der Waals surface area contributed by atoms with Crippen LogP contribution >= 0.6 is 15.6 Å². The van der Waals surface area contributed by atoms with Crippen molar-refractivity contribution in [1.29, 1.82) is 0 Å². The van der Waals surface area contributed by atoms with E-state index in [0.29, 0.717) is 32.1 Å². The van der Waals surface area contributed by atoms with E-state index in [2.05, 4.69) is 113 Å². The van der Waals surface area contributed by atoms with E-state index in [1.165, 1.54) is 51.4 Å². The smallest absolute Gasteiger partial charge is 0.462 e. The Hall–Kier alpha value is -4.02. The molecule has 0 aromatic carbocycles. The first-order chi connectivity index (χ1) is 44.7. The summed E-state index contributed by atoms with van der Waals surface area (Å²) < 4.78 is 68.1. The van der Waals surface area contributed by atoms with Gasteiger partial charge < -0.3 is 33.8 Å². The third-order valence-corrected chi connectivity index (χ3v) is 16.4. The van der Waals surface area contributed by atoms with Gasteiger partial charge in [-0.3, -0.25) is 37.3 Å². The molecule has 0 radical (unpaired) electrons. The lowest BCUT2D eigenvalue weighted by molar-refractivity contribution is -0.161. The lowest BCUT2D eigenvalue weighted by Gasteiger charge is -2.21. The van der Waals surface area contributed by atoms with Crippen LogP contribution in [0.4, 0.5) is 0 Å². The van der Waals surface area contributed by atoms with Crippen LogP contribution in [0.3, 0.4) is 0 Å². The van der Waals surface area contributed by atoms with Crippen LogP contribution in [-0.2, 0) is 65.4 Å². The highest BCUT2D eigenvalue weighted by molar-refractivity contribution is 7.47. The number of allylic oxidation sites excluding steroid dienone is 16. The van der Waals surface area contributed by atoms with Crippen molar-refractivity contribution in [2.24, 2.45) is 0 Å². The van der Waals surface area contributed by atoms with Crippen molar-refractivity contribution >= 4 is 39.5 Å². The van der Waals surface area contributed by atoms with E-state index < -0.39 is 97.5 Å². The van der Waals surface area contributed by atoms with E-state index in [1.807, 2.05) is 12.2 Å². The summed E-state index contributed by atoms with van der Waals surface area (Å²) in [6, 6.07) is 0. The molecule has 0 aromatic heterocycles. The standard InChI is InChI=1S/C73H126O17P2/c1-5-9-13-17-21-25-29-31-32-33-34-36-39-42-46-50-54-58-71(76)84-64-69(90-73(78)60-56-52-48-44-40-35-30-26-22-18-14-10-6-2)66-88-92(81,82)86-62-67(74)61-85-91(79,80)87-65-68(89-72(77)59-55-51-47-43-38-28-24-20-16-12-8-4)63-83-70(75)57-53-49-45-41-37-27-23-19-15-11-7-3/h9,13,19-21,23-26,30-32,34,36,42,46,67-69,74H,5-8,10-12,14-18,22,27-29,33,35,37-41,43-45,47-66H2,1-4H3,(H,79,80)(H,81,82)/b13-9-,23-19-,24-20-,25-21-,30-26-,32-31-,36-34-,46-42-. The topological polar surface area (TPSA) is 237 Å². The molecule has 0 saturated heterocycles. The van der Waals surface area contributed by atoms with E-state index in [4.69, 9.17) is 37.0 Å². The maximum Gasteiger partial charge on any atom is 0.472 e. The molecule has 0 saturated carbocycles. The van der Waals surface area contributed by atoms with Crippen LogP contribution in [0.5, 0.6) is 0 Å². The van der Waals surface area contributed by atoms with Crippen molar-refractivity contribution in [2.45, 2.75) is 303 Å². The molecule has 5 atom stereocenters. The summed E-state index contributed by atoms with van der Waals surface area (Å²) in [5.41, 5.74) is 0. The minimum Gasteiger partial charge on any atom is -0.462 e. The van der Waals surface area contributed by atoms with Crippen LogP contribution in [0.2, 0.25) is 0 Å². The van der Waals surface area contributed by atoms with Crippen LogP contribution < -0.4 is 0 Å². The fourth-order valence-electron chi connectivity index (χ4n) is 9.03. The largest absolute Gasteiger partial charge is 0.472 e. The number of phosphoric acid groups is 2. The Morgan fingerprint density at radius 1 is 0.315 bits per heavy atom. The molecule has 92 heavy (non-hydrogen) atoms.